The van der Waals surface area contributed by atoms with Crippen LogP contribution in [0.2, 0.25) is 10.0 Å². The first-order chi connectivity index (χ1) is 10.4. The van der Waals surface area contributed by atoms with Gasteiger partial charge < -0.3 is 10.1 Å². The second-order valence-corrected chi connectivity index (χ2v) is 6.99. The van der Waals surface area contributed by atoms with Crippen LogP contribution in [0.4, 0.5) is 0 Å². The Hall–Kier alpha value is -0.970. The van der Waals surface area contributed by atoms with E-state index in [1.165, 1.54) is 12.8 Å². The number of carbonyl (C=O) groups is 1. The summed E-state index contributed by atoms with van der Waals surface area (Å²) in [7, 11) is 0. The fraction of sp³-hybridized carbons (Fsp3) is 0.562. The predicted molar refractivity (Wildman–Crippen MR) is 89.9 cm³/mol. The van der Waals surface area contributed by atoms with Gasteiger partial charge in [0.25, 0.3) is 5.91 Å². The molecule has 22 heavy (non-hydrogen) atoms. The lowest BCUT2D eigenvalue weighted by atomic mass is 10.0. The number of benzene rings is 1. The Morgan fingerprint density at radius 2 is 2.00 bits per heavy atom. The lowest BCUT2D eigenvalue weighted by molar-refractivity contribution is -0.123. The molecule has 2 rings (SSSR count). The summed E-state index contributed by atoms with van der Waals surface area (Å²) in [5.74, 6) is 0.256. The van der Waals surface area contributed by atoms with Crippen LogP contribution in [0.25, 0.3) is 0 Å². The van der Waals surface area contributed by atoms with Crippen molar-refractivity contribution in [2.24, 2.45) is 0 Å². The van der Waals surface area contributed by atoms with Crippen molar-refractivity contribution in [2.45, 2.75) is 32.2 Å². The van der Waals surface area contributed by atoms with Crippen LogP contribution >= 0.6 is 23.2 Å². The minimum Gasteiger partial charge on any atom is -0.482 e. The summed E-state index contributed by atoms with van der Waals surface area (Å²) in [5, 5.41) is 3.89. The molecule has 4 nitrogen and oxygen atoms in total. The van der Waals surface area contributed by atoms with Crippen LogP contribution in [0.5, 0.6) is 5.75 Å². The molecular formula is C16H22Cl2N2O2. The highest BCUT2D eigenvalue weighted by molar-refractivity contribution is 6.34. The third-order valence-electron chi connectivity index (χ3n) is 3.93. The number of ether oxygens (including phenoxy) is 1. The van der Waals surface area contributed by atoms with Crippen molar-refractivity contribution < 1.29 is 9.53 Å². The molecule has 1 N–H and O–H groups in total. The number of nitrogens with one attached hydrogen (secondary N) is 1. The molecular weight excluding hydrogens is 323 g/mol. The lowest BCUT2D eigenvalue weighted by Gasteiger charge is -2.35. The second-order valence-electron chi connectivity index (χ2n) is 6.15. The van der Waals surface area contributed by atoms with Crippen LogP contribution < -0.4 is 10.1 Å². The first-order valence-electron chi connectivity index (χ1n) is 7.48. The number of halogens is 2. The van der Waals surface area contributed by atoms with Crippen molar-refractivity contribution in [1.29, 1.82) is 0 Å². The Balaban J connectivity index is 1.79. The van der Waals surface area contributed by atoms with Crippen molar-refractivity contribution in [2.75, 3.05) is 26.2 Å². The van der Waals surface area contributed by atoms with Crippen molar-refractivity contribution in [3.05, 3.63) is 28.2 Å². The zero-order chi connectivity index (χ0) is 16.2. The highest BCUT2D eigenvalue weighted by Crippen LogP contribution is 2.27. The summed E-state index contributed by atoms with van der Waals surface area (Å²) in [5.41, 5.74) is -0.0418. The van der Waals surface area contributed by atoms with E-state index in [0.29, 0.717) is 22.3 Å². The maximum Gasteiger partial charge on any atom is 0.258 e. The molecule has 1 amide bonds. The van der Waals surface area contributed by atoms with Crippen molar-refractivity contribution >= 4 is 29.1 Å². The van der Waals surface area contributed by atoms with E-state index in [1.807, 2.05) is 0 Å². The number of nitrogens with zero attached hydrogens (tertiary/aromatic N) is 1. The minimum atomic E-state index is -0.164. The SMILES string of the molecule is CC(C)(CNC(=O)COc1cc(Cl)ccc1Cl)N1CCCC1. The van der Waals surface area contributed by atoms with Gasteiger partial charge in [-0.1, -0.05) is 23.2 Å². The van der Waals surface area contributed by atoms with Gasteiger partial charge in [0.15, 0.2) is 6.61 Å². The molecule has 0 saturated carbocycles. The molecule has 0 atom stereocenters. The first-order valence-corrected chi connectivity index (χ1v) is 8.24. The molecule has 0 bridgehead atoms. The molecule has 0 radical (unpaired) electrons. The van der Waals surface area contributed by atoms with Gasteiger partial charge >= 0.3 is 0 Å². The molecule has 1 heterocycles. The van der Waals surface area contributed by atoms with Crippen LogP contribution in [-0.4, -0.2) is 42.6 Å². The molecule has 1 aromatic rings. The molecule has 1 fully saturated rings. The summed E-state index contributed by atoms with van der Waals surface area (Å²) in [6.07, 6.45) is 2.46. The van der Waals surface area contributed by atoms with E-state index in [2.05, 4.69) is 24.1 Å². The van der Waals surface area contributed by atoms with E-state index in [9.17, 15) is 4.79 Å². The Morgan fingerprint density at radius 1 is 1.32 bits per heavy atom. The van der Waals surface area contributed by atoms with Gasteiger partial charge in [-0.15, -0.1) is 0 Å². The summed E-state index contributed by atoms with van der Waals surface area (Å²) >= 11 is 11.9. The molecule has 6 heteroatoms. The van der Waals surface area contributed by atoms with Gasteiger partial charge in [0.1, 0.15) is 5.75 Å². The number of likely N-dealkylation sites (tertiary alicyclic amines) is 1. The van der Waals surface area contributed by atoms with Gasteiger partial charge in [0, 0.05) is 23.2 Å². The zero-order valence-electron chi connectivity index (χ0n) is 13.0. The van der Waals surface area contributed by atoms with E-state index in [0.717, 1.165) is 13.1 Å². The fourth-order valence-corrected chi connectivity index (χ4v) is 2.87. The van der Waals surface area contributed by atoms with Gasteiger partial charge in [-0.2, -0.15) is 0 Å². The highest BCUT2D eigenvalue weighted by atomic mass is 35.5. The van der Waals surface area contributed by atoms with Crippen LogP contribution in [0.3, 0.4) is 0 Å². The fourth-order valence-electron chi connectivity index (χ4n) is 2.53. The molecule has 1 saturated heterocycles. The topological polar surface area (TPSA) is 41.6 Å². The van der Waals surface area contributed by atoms with Crippen molar-refractivity contribution in [3.8, 4) is 5.75 Å². The lowest BCUT2D eigenvalue weighted by Crippen LogP contribution is -2.51. The molecule has 0 aromatic heterocycles. The monoisotopic (exact) mass is 344 g/mol. The van der Waals surface area contributed by atoms with E-state index in [4.69, 9.17) is 27.9 Å². The van der Waals surface area contributed by atoms with E-state index < -0.39 is 0 Å². The van der Waals surface area contributed by atoms with Crippen LogP contribution in [0.15, 0.2) is 18.2 Å². The smallest absolute Gasteiger partial charge is 0.258 e. The zero-order valence-corrected chi connectivity index (χ0v) is 14.5. The Bertz CT molecular complexity index is 529. The molecule has 0 unspecified atom stereocenters. The molecule has 122 valence electrons. The summed E-state index contributed by atoms with van der Waals surface area (Å²) < 4.78 is 5.43. The van der Waals surface area contributed by atoms with Crippen molar-refractivity contribution in [3.63, 3.8) is 0 Å². The number of rotatable bonds is 6. The summed E-state index contributed by atoms with van der Waals surface area (Å²) in [6.45, 7) is 7.00. The Labute approximate surface area is 141 Å². The van der Waals surface area contributed by atoms with Gasteiger partial charge in [-0.05, 0) is 51.9 Å². The maximum absolute atomic E-state index is 11.9. The molecule has 1 aromatic carbocycles. The Morgan fingerprint density at radius 3 is 2.68 bits per heavy atom. The van der Waals surface area contributed by atoms with Gasteiger partial charge in [-0.3, -0.25) is 9.69 Å². The standard InChI is InChI=1S/C16H22Cl2N2O2/c1-16(2,20-7-3-4-8-20)11-19-15(21)10-22-14-9-12(17)5-6-13(14)18/h5-6,9H,3-4,7-8,10-11H2,1-2H3,(H,19,21). The van der Waals surface area contributed by atoms with Crippen molar-refractivity contribution in [1.82, 2.24) is 10.2 Å². The largest absolute Gasteiger partial charge is 0.482 e. The molecule has 1 aliphatic rings. The third kappa shape index (κ3) is 4.77. The third-order valence-corrected chi connectivity index (χ3v) is 4.48. The highest BCUT2D eigenvalue weighted by Gasteiger charge is 2.29. The quantitative estimate of drug-likeness (QED) is 0.860. The van der Waals surface area contributed by atoms with E-state index in [-0.39, 0.29) is 18.1 Å². The summed E-state index contributed by atoms with van der Waals surface area (Å²) in [6, 6.07) is 4.92. The minimum absolute atomic E-state index is 0.0418. The number of amides is 1. The molecule has 0 aliphatic carbocycles. The van der Waals surface area contributed by atoms with Gasteiger partial charge in [-0.25, -0.2) is 0 Å². The summed E-state index contributed by atoms with van der Waals surface area (Å²) in [4.78, 5) is 14.3. The predicted octanol–water partition coefficient (Wildman–Crippen LogP) is 3.36. The van der Waals surface area contributed by atoms with Crippen LogP contribution in [0.1, 0.15) is 26.7 Å². The van der Waals surface area contributed by atoms with Gasteiger partial charge in [0.05, 0.1) is 5.02 Å². The first kappa shape index (κ1) is 17.4. The second kappa shape index (κ2) is 7.53. The normalized spacial score (nSPS) is 15.8. The van der Waals surface area contributed by atoms with Crippen LogP contribution in [-0.2, 0) is 4.79 Å². The molecule has 0 spiro atoms. The maximum atomic E-state index is 11.9. The Kier molecular flexibility index (Phi) is 5.95. The average Bonchev–Trinajstić information content (AvgIpc) is 3.01. The van der Waals surface area contributed by atoms with Gasteiger partial charge in [0.2, 0.25) is 0 Å². The van der Waals surface area contributed by atoms with Crippen LogP contribution in [0, 0.1) is 0 Å². The van der Waals surface area contributed by atoms with E-state index >= 15 is 0 Å². The number of hydrogen-bond donors (Lipinski definition) is 1. The number of carbonyl (C=O) groups excluding carboxylic acids is 1. The number of hydrogen-bond acceptors (Lipinski definition) is 3. The average molecular weight is 345 g/mol. The molecule has 1 aliphatic heterocycles. The van der Waals surface area contributed by atoms with E-state index in [1.54, 1.807) is 18.2 Å².